The number of rotatable bonds is 7. The molecule has 1 aliphatic rings. The molecule has 34 heavy (non-hydrogen) atoms. The van der Waals surface area contributed by atoms with E-state index in [1.165, 1.54) is 13.2 Å². The number of carbonyl (C=O) groups excluding carboxylic acids is 1. The lowest BCUT2D eigenvalue weighted by Gasteiger charge is -2.43. The lowest BCUT2D eigenvalue weighted by Crippen LogP contribution is -2.50. The molecule has 0 bridgehead atoms. The van der Waals surface area contributed by atoms with Gasteiger partial charge in [0.25, 0.3) is 5.91 Å². The summed E-state index contributed by atoms with van der Waals surface area (Å²) >= 11 is 0. The number of halogens is 2. The Labute approximate surface area is 198 Å². The molecule has 3 aromatic rings. The highest BCUT2D eigenvalue weighted by molar-refractivity contribution is 5.97. The van der Waals surface area contributed by atoms with Gasteiger partial charge in [-0.15, -0.1) is 0 Å². The standard InChI is InChI=1S/C27H29F2N3O2/c1-3-19-8-7-15-30-25(19)32-16-13-27(14-17-32,21-10-6-11-22(28)24(21)29)18-31-26(33)20-9-4-5-12-23(20)34-2/h4-12,15H,3,13-14,16-18H2,1-2H3,(H,31,33). The summed E-state index contributed by atoms with van der Waals surface area (Å²) in [6.07, 6.45) is 3.72. The average Bonchev–Trinajstić information content (AvgIpc) is 2.89. The molecule has 1 fully saturated rings. The van der Waals surface area contributed by atoms with Gasteiger partial charge in [-0.05, 0) is 54.7 Å². The van der Waals surface area contributed by atoms with Crippen LogP contribution in [0.3, 0.4) is 0 Å². The third-order valence-corrected chi connectivity index (χ3v) is 6.73. The second-order valence-electron chi connectivity index (χ2n) is 8.59. The molecule has 0 aliphatic carbocycles. The zero-order chi connectivity index (χ0) is 24.1. The third-order valence-electron chi connectivity index (χ3n) is 6.73. The fourth-order valence-corrected chi connectivity index (χ4v) is 4.77. The average molecular weight is 466 g/mol. The largest absolute Gasteiger partial charge is 0.496 e. The highest BCUT2D eigenvalue weighted by atomic mass is 19.2. The van der Waals surface area contributed by atoms with Crippen molar-refractivity contribution >= 4 is 11.7 Å². The van der Waals surface area contributed by atoms with Gasteiger partial charge in [0.2, 0.25) is 0 Å². The molecule has 0 radical (unpaired) electrons. The molecule has 0 atom stereocenters. The Morgan fingerprint density at radius 3 is 2.59 bits per heavy atom. The molecule has 1 aromatic heterocycles. The van der Waals surface area contributed by atoms with Crippen molar-refractivity contribution in [3.8, 4) is 5.75 Å². The normalized spacial score (nSPS) is 15.1. The monoisotopic (exact) mass is 465 g/mol. The van der Waals surface area contributed by atoms with E-state index in [9.17, 15) is 9.18 Å². The van der Waals surface area contributed by atoms with Crippen molar-refractivity contribution in [3.63, 3.8) is 0 Å². The van der Waals surface area contributed by atoms with Crippen LogP contribution in [0.2, 0.25) is 0 Å². The van der Waals surface area contributed by atoms with Gasteiger partial charge in [0, 0.05) is 31.2 Å². The van der Waals surface area contributed by atoms with Gasteiger partial charge < -0.3 is 15.0 Å². The summed E-state index contributed by atoms with van der Waals surface area (Å²) in [7, 11) is 1.51. The summed E-state index contributed by atoms with van der Waals surface area (Å²) in [6, 6.07) is 15.2. The maximum Gasteiger partial charge on any atom is 0.255 e. The summed E-state index contributed by atoms with van der Waals surface area (Å²) in [6.45, 7) is 3.50. The molecule has 1 amide bonds. The number of methoxy groups -OCH3 is 1. The van der Waals surface area contributed by atoms with E-state index in [1.54, 1.807) is 36.5 Å². The molecule has 0 unspecified atom stereocenters. The SMILES string of the molecule is CCc1cccnc1N1CCC(CNC(=O)c2ccccc2OC)(c2cccc(F)c2F)CC1. The molecule has 178 valence electrons. The fraction of sp³-hybridized carbons (Fsp3) is 0.333. The van der Waals surface area contributed by atoms with Crippen LogP contribution in [0.25, 0.3) is 0 Å². The van der Waals surface area contributed by atoms with Crippen LogP contribution in [-0.2, 0) is 11.8 Å². The molecule has 4 rings (SSSR count). The van der Waals surface area contributed by atoms with Crippen molar-refractivity contribution in [1.29, 1.82) is 0 Å². The number of para-hydroxylation sites is 1. The number of nitrogens with zero attached hydrogens (tertiary/aromatic N) is 2. The van der Waals surface area contributed by atoms with Gasteiger partial charge >= 0.3 is 0 Å². The van der Waals surface area contributed by atoms with Gasteiger partial charge in [-0.2, -0.15) is 0 Å². The first-order valence-corrected chi connectivity index (χ1v) is 11.5. The van der Waals surface area contributed by atoms with Crippen molar-refractivity contribution in [2.75, 3.05) is 31.6 Å². The summed E-state index contributed by atoms with van der Waals surface area (Å²) in [5, 5.41) is 2.96. The number of amides is 1. The molecular weight excluding hydrogens is 436 g/mol. The van der Waals surface area contributed by atoms with Gasteiger partial charge in [0.1, 0.15) is 11.6 Å². The minimum absolute atomic E-state index is 0.181. The first-order chi connectivity index (χ1) is 16.5. The van der Waals surface area contributed by atoms with E-state index in [1.807, 2.05) is 6.07 Å². The molecular formula is C27H29F2N3O2. The molecule has 1 saturated heterocycles. The number of carbonyl (C=O) groups is 1. The van der Waals surface area contributed by atoms with Crippen molar-refractivity contribution in [2.45, 2.75) is 31.6 Å². The van der Waals surface area contributed by atoms with Crippen LogP contribution in [0.5, 0.6) is 5.75 Å². The molecule has 7 heteroatoms. The number of aromatic nitrogens is 1. The highest BCUT2D eigenvalue weighted by Gasteiger charge is 2.40. The van der Waals surface area contributed by atoms with Crippen molar-refractivity contribution in [3.05, 3.63) is 89.1 Å². The molecule has 5 nitrogen and oxygen atoms in total. The van der Waals surface area contributed by atoms with Crippen LogP contribution in [-0.4, -0.2) is 37.6 Å². The van der Waals surface area contributed by atoms with Crippen LogP contribution in [0, 0.1) is 11.6 Å². The van der Waals surface area contributed by atoms with Crippen LogP contribution in [0.4, 0.5) is 14.6 Å². The number of benzene rings is 2. The number of aryl methyl sites for hydroxylation is 1. The maximum atomic E-state index is 15.0. The Kier molecular flexibility index (Phi) is 7.10. The summed E-state index contributed by atoms with van der Waals surface area (Å²) in [4.78, 5) is 19.7. The van der Waals surface area contributed by atoms with Gasteiger partial charge in [-0.3, -0.25) is 4.79 Å². The number of pyridine rings is 1. The summed E-state index contributed by atoms with van der Waals surface area (Å²) in [5.74, 6) is -0.656. The number of hydrogen-bond acceptors (Lipinski definition) is 4. The second kappa shape index (κ2) is 10.2. The number of anilines is 1. The summed E-state index contributed by atoms with van der Waals surface area (Å²) in [5.41, 5.74) is 1.10. The van der Waals surface area contributed by atoms with E-state index >= 15 is 4.39 Å². The van der Waals surface area contributed by atoms with Crippen LogP contribution >= 0.6 is 0 Å². The molecule has 2 heterocycles. The zero-order valence-corrected chi connectivity index (χ0v) is 19.5. The Hall–Kier alpha value is -3.48. The Morgan fingerprint density at radius 2 is 1.85 bits per heavy atom. The van der Waals surface area contributed by atoms with E-state index in [2.05, 4.69) is 28.2 Å². The predicted molar refractivity (Wildman–Crippen MR) is 128 cm³/mol. The zero-order valence-electron chi connectivity index (χ0n) is 19.5. The van der Waals surface area contributed by atoms with E-state index in [4.69, 9.17) is 4.74 Å². The minimum Gasteiger partial charge on any atom is -0.496 e. The van der Waals surface area contributed by atoms with Gasteiger partial charge in [-0.25, -0.2) is 13.8 Å². The van der Waals surface area contributed by atoms with Gasteiger partial charge in [-0.1, -0.05) is 37.3 Å². The lowest BCUT2D eigenvalue weighted by atomic mass is 9.72. The molecule has 2 aromatic carbocycles. The second-order valence-corrected chi connectivity index (χ2v) is 8.59. The Morgan fingerprint density at radius 1 is 1.09 bits per heavy atom. The first-order valence-electron chi connectivity index (χ1n) is 11.5. The molecule has 1 aliphatic heterocycles. The van der Waals surface area contributed by atoms with Crippen LogP contribution in [0.15, 0.2) is 60.8 Å². The highest BCUT2D eigenvalue weighted by Crippen LogP contribution is 2.39. The lowest BCUT2D eigenvalue weighted by molar-refractivity contribution is 0.0935. The van der Waals surface area contributed by atoms with E-state index < -0.39 is 17.0 Å². The van der Waals surface area contributed by atoms with Crippen LogP contribution in [0.1, 0.15) is 41.3 Å². The third kappa shape index (κ3) is 4.60. The fourth-order valence-electron chi connectivity index (χ4n) is 4.77. The number of hydrogen-bond donors (Lipinski definition) is 1. The van der Waals surface area contributed by atoms with Crippen molar-refractivity contribution < 1.29 is 18.3 Å². The topological polar surface area (TPSA) is 54.5 Å². The van der Waals surface area contributed by atoms with Crippen molar-refractivity contribution in [1.82, 2.24) is 10.3 Å². The molecule has 0 spiro atoms. The Bertz CT molecular complexity index is 1160. The predicted octanol–water partition coefficient (Wildman–Crippen LogP) is 4.90. The van der Waals surface area contributed by atoms with E-state index in [0.717, 1.165) is 23.9 Å². The maximum absolute atomic E-state index is 15.0. The first kappa shape index (κ1) is 23.7. The van der Waals surface area contributed by atoms with E-state index in [-0.39, 0.29) is 12.5 Å². The van der Waals surface area contributed by atoms with Gasteiger partial charge in [0.15, 0.2) is 11.6 Å². The molecule has 0 saturated carbocycles. The smallest absolute Gasteiger partial charge is 0.255 e. The Balaban J connectivity index is 1.61. The number of nitrogens with one attached hydrogen (secondary N) is 1. The van der Waals surface area contributed by atoms with Crippen LogP contribution < -0.4 is 15.0 Å². The quantitative estimate of drug-likeness (QED) is 0.539. The number of ether oxygens (including phenoxy) is 1. The minimum atomic E-state index is -0.881. The molecule has 1 N–H and O–H groups in total. The van der Waals surface area contributed by atoms with Gasteiger partial charge in [0.05, 0.1) is 12.7 Å². The van der Waals surface area contributed by atoms with Crippen molar-refractivity contribution in [2.24, 2.45) is 0 Å². The summed E-state index contributed by atoms with van der Waals surface area (Å²) < 4.78 is 34.5. The number of piperidine rings is 1. The van der Waals surface area contributed by atoms with E-state index in [0.29, 0.717) is 42.8 Å².